The molecule has 0 radical (unpaired) electrons. The number of nitrogens with two attached hydrogens (primary N) is 1. The Morgan fingerprint density at radius 2 is 2.00 bits per heavy atom. The van der Waals surface area contributed by atoms with Gasteiger partial charge in [-0.25, -0.2) is 13.6 Å². The van der Waals surface area contributed by atoms with Crippen LogP contribution in [0.5, 0.6) is 0 Å². The van der Waals surface area contributed by atoms with E-state index in [-0.39, 0.29) is 4.90 Å². The molecule has 5 heteroatoms. The molecule has 1 fully saturated rings. The van der Waals surface area contributed by atoms with E-state index in [4.69, 9.17) is 5.14 Å². The molecule has 0 amide bonds. The zero-order valence-electron chi connectivity index (χ0n) is 10.2. The lowest BCUT2D eigenvalue weighted by atomic mass is 10.1. The minimum absolute atomic E-state index is 0.180. The molecule has 0 spiro atoms. The molecule has 0 aliphatic heterocycles. The zero-order chi connectivity index (χ0) is 12.6. The second-order valence-corrected chi connectivity index (χ2v) is 6.34. The average Bonchev–Trinajstić information content (AvgIpc) is 3.02. The van der Waals surface area contributed by atoms with Crippen molar-refractivity contribution in [2.45, 2.75) is 31.6 Å². The number of benzene rings is 1. The van der Waals surface area contributed by atoms with E-state index in [0.717, 1.165) is 29.3 Å². The Kier molecular flexibility index (Phi) is 3.14. The normalized spacial score (nSPS) is 15.9. The summed E-state index contributed by atoms with van der Waals surface area (Å²) < 4.78 is 22.7. The lowest BCUT2D eigenvalue weighted by Gasteiger charge is -2.13. The van der Waals surface area contributed by atoms with Crippen LogP contribution in [0.3, 0.4) is 0 Å². The molecule has 0 atom stereocenters. The van der Waals surface area contributed by atoms with E-state index in [9.17, 15) is 8.42 Å². The first-order valence-electron chi connectivity index (χ1n) is 5.76. The Morgan fingerprint density at radius 3 is 2.53 bits per heavy atom. The molecule has 3 N–H and O–H groups in total. The molecule has 94 valence electrons. The van der Waals surface area contributed by atoms with Crippen molar-refractivity contribution >= 4 is 15.7 Å². The molecule has 17 heavy (non-hydrogen) atoms. The summed E-state index contributed by atoms with van der Waals surface area (Å²) in [4.78, 5) is 0.180. The van der Waals surface area contributed by atoms with E-state index in [0.29, 0.717) is 0 Å². The molecule has 0 saturated heterocycles. The number of hydrogen-bond acceptors (Lipinski definition) is 3. The average molecular weight is 254 g/mol. The highest BCUT2D eigenvalue weighted by molar-refractivity contribution is 7.89. The molecular weight excluding hydrogens is 236 g/mol. The molecule has 1 aromatic carbocycles. The van der Waals surface area contributed by atoms with Gasteiger partial charge >= 0.3 is 0 Å². The molecule has 0 heterocycles. The fourth-order valence-electron chi connectivity index (χ4n) is 1.75. The number of sulfonamides is 1. The highest BCUT2D eigenvalue weighted by atomic mass is 32.2. The monoisotopic (exact) mass is 254 g/mol. The van der Waals surface area contributed by atoms with Crippen LogP contribution in [0.1, 0.15) is 24.0 Å². The van der Waals surface area contributed by atoms with Gasteiger partial charge in [0.25, 0.3) is 0 Å². The van der Waals surface area contributed by atoms with Crippen LogP contribution in [0.2, 0.25) is 0 Å². The van der Waals surface area contributed by atoms with Crippen molar-refractivity contribution in [3.05, 3.63) is 23.3 Å². The summed E-state index contributed by atoms with van der Waals surface area (Å²) in [7, 11) is -3.63. The first-order chi connectivity index (χ1) is 7.88. The Bertz CT molecular complexity index is 534. The van der Waals surface area contributed by atoms with Gasteiger partial charge < -0.3 is 5.32 Å². The van der Waals surface area contributed by atoms with Gasteiger partial charge in [0.05, 0.1) is 4.90 Å². The molecule has 1 aliphatic rings. The Balaban J connectivity index is 2.31. The minimum atomic E-state index is -3.63. The van der Waals surface area contributed by atoms with Crippen LogP contribution < -0.4 is 10.5 Å². The summed E-state index contributed by atoms with van der Waals surface area (Å²) in [5.74, 6) is 0.743. The van der Waals surface area contributed by atoms with Gasteiger partial charge in [0, 0.05) is 12.2 Å². The summed E-state index contributed by atoms with van der Waals surface area (Å²) in [5, 5.41) is 8.47. The summed E-state index contributed by atoms with van der Waals surface area (Å²) in [5.41, 5.74) is 2.90. The van der Waals surface area contributed by atoms with Crippen molar-refractivity contribution in [1.29, 1.82) is 0 Å². The Morgan fingerprint density at radius 1 is 1.35 bits per heavy atom. The molecule has 0 aromatic heterocycles. The first-order valence-corrected chi connectivity index (χ1v) is 7.30. The number of primary sulfonamides is 1. The molecule has 1 saturated carbocycles. The summed E-state index contributed by atoms with van der Waals surface area (Å²) in [6, 6.07) is 3.24. The number of nitrogens with one attached hydrogen (secondary N) is 1. The molecule has 4 nitrogen and oxygen atoms in total. The van der Waals surface area contributed by atoms with Crippen LogP contribution in [-0.2, 0) is 10.0 Å². The number of hydrogen-bond donors (Lipinski definition) is 2. The van der Waals surface area contributed by atoms with Crippen molar-refractivity contribution in [2.24, 2.45) is 11.1 Å². The van der Waals surface area contributed by atoms with E-state index in [1.807, 2.05) is 13.8 Å². The summed E-state index contributed by atoms with van der Waals surface area (Å²) in [6.45, 7) is 4.79. The van der Waals surface area contributed by atoms with Gasteiger partial charge in [0.2, 0.25) is 10.0 Å². The van der Waals surface area contributed by atoms with Crippen LogP contribution in [0, 0.1) is 19.8 Å². The lowest BCUT2D eigenvalue weighted by molar-refractivity contribution is 0.597. The number of anilines is 1. The summed E-state index contributed by atoms with van der Waals surface area (Å²) in [6.07, 6.45) is 2.53. The van der Waals surface area contributed by atoms with E-state index in [1.54, 1.807) is 12.1 Å². The third-order valence-corrected chi connectivity index (χ3v) is 4.14. The predicted molar refractivity (Wildman–Crippen MR) is 68.5 cm³/mol. The fraction of sp³-hybridized carbons (Fsp3) is 0.500. The van der Waals surface area contributed by atoms with E-state index in [2.05, 4.69) is 5.32 Å². The van der Waals surface area contributed by atoms with Gasteiger partial charge in [-0.2, -0.15) is 0 Å². The van der Waals surface area contributed by atoms with Gasteiger partial charge in [-0.05, 0) is 55.9 Å². The second kappa shape index (κ2) is 4.31. The Labute approximate surface area is 102 Å². The van der Waals surface area contributed by atoms with Crippen LogP contribution in [-0.4, -0.2) is 15.0 Å². The van der Waals surface area contributed by atoms with Gasteiger partial charge in [0.15, 0.2) is 0 Å². The minimum Gasteiger partial charge on any atom is -0.385 e. The zero-order valence-corrected chi connectivity index (χ0v) is 11.0. The second-order valence-electron chi connectivity index (χ2n) is 4.78. The van der Waals surface area contributed by atoms with Crippen LogP contribution >= 0.6 is 0 Å². The molecule has 1 aliphatic carbocycles. The molecule has 0 bridgehead atoms. The SMILES string of the molecule is Cc1cc(S(N)(=O)=O)cc(NCC2CC2)c1C. The molecule has 1 aromatic rings. The largest absolute Gasteiger partial charge is 0.385 e. The topological polar surface area (TPSA) is 72.2 Å². The van der Waals surface area contributed by atoms with Gasteiger partial charge in [-0.1, -0.05) is 0 Å². The third kappa shape index (κ3) is 2.98. The maximum atomic E-state index is 11.3. The fourth-order valence-corrected chi connectivity index (χ4v) is 2.37. The molecule has 0 unspecified atom stereocenters. The van der Waals surface area contributed by atoms with Crippen molar-refractivity contribution in [1.82, 2.24) is 0 Å². The van der Waals surface area contributed by atoms with Crippen molar-refractivity contribution in [2.75, 3.05) is 11.9 Å². The highest BCUT2D eigenvalue weighted by Gasteiger charge is 2.21. The van der Waals surface area contributed by atoms with Gasteiger partial charge in [-0.15, -0.1) is 0 Å². The number of rotatable bonds is 4. The smallest absolute Gasteiger partial charge is 0.238 e. The standard InChI is InChI=1S/C12H18N2O2S/c1-8-5-11(17(13,15)16)6-12(9(8)2)14-7-10-3-4-10/h5-6,10,14H,3-4,7H2,1-2H3,(H2,13,15,16). The van der Waals surface area contributed by atoms with E-state index >= 15 is 0 Å². The van der Waals surface area contributed by atoms with Crippen LogP contribution in [0.15, 0.2) is 17.0 Å². The molecule has 2 rings (SSSR count). The number of aryl methyl sites for hydroxylation is 1. The molecular formula is C12H18N2O2S. The summed E-state index contributed by atoms with van der Waals surface area (Å²) >= 11 is 0. The van der Waals surface area contributed by atoms with Gasteiger partial charge in [-0.3, -0.25) is 0 Å². The maximum Gasteiger partial charge on any atom is 0.238 e. The van der Waals surface area contributed by atoms with Crippen molar-refractivity contribution in [3.8, 4) is 0 Å². The van der Waals surface area contributed by atoms with Gasteiger partial charge in [0.1, 0.15) is 0 Å². The van der Waals surface area contributed by atoms with Crippen molar-refractivity contribution in [3.63, 3.8) is 0 Å². The Hall–Kier alpha value is -1.07. The quantitative estimate of drug-likeness (QED) is 0.860. The van der Waals surface area contributed by atoms with E-state index < -0.39 is 10.0 Å². The first kappa shape index (κ1) is 12.4. The maximum absolute atomic E-state index is 11.3. The lowest BCUT2D eigenvalue weighted by Crippen LogP contribution is -2.14. The third-order valence-electron chi connectivity index (χ3n) is 3.25. The van der Waals surface area contributed by atoms with Crippen LogP contribution in [0.4, 0.5) is 5.69 Å². The predicted octanol–water partition coefficient (Wildman–Crippen LogP) is 1.77. The van der Waals surface area contributed by atoms with Crippen molar-refractivity contribution < 1.29 is 8.42 Å². The van der Waals surface area contributed by atoms with E-state index in [1.165, 1.54) is 12.8 Å². The highest BCUT2D eigenvalue weighted by Crippen LogP contribution is 2.30. The van der Waals surface area contributed by atoms with Crippen LogP contribution in [0.25, 0.3) is 0 Å².